The van der Waals surface area contributed by atoms with Gasteiger partial charge in [-0.2, -0.15) is 0 Å². The topological polar surface area (TPSA) is 57.6 Å². The molecule has 1 atom stereocenters. The summed E-state index contributed by atoms with van der Waals surface area (Å²) in [4.78, 5) is 23.9. The van der Waals surface area contributed by atoms with E-state index in [1.807, 2.05) is 30.3 Å². The van der Waals surface area contributed by atoms with Gasteiger partial charge >= 0.3 is 5.97 Å². The Morgan fingerprint density at radius 1 is 1.38 bits per heavy atom. The van der Waals surface area contributed by atoms with Crippen LogP contribution in [0.4, 0.5) is 0 Å². The molecule has 2 rings (SSSR count). The van der Waals surface area contributed by atoms with E-state index < -0.39 is 5.97 Å². The van der Waals surface area contributed by atoms with Crippen molar-refractivity contribution in [1.29, 1.82) is 0 Å². The van der Waals surface area contributed by atoms with E-state index in [-0.39, 0.29) is 18.4 Å². The number of carbonyl (C=O) groups is 2. The number of hydrogen-bond donors (Lipinski definition) is 1. The molecule has 0 aromatic heterocycles. The summed E-state index contributed by atoms with van der Waals surface area (Å²) in [5.41, 5.74) is 0.973. The average Bonchev–Trinajstić information content (AvgIpc) is 2.61. The van der Waals surface area contributed by atoms with Crippen LogP contribution in [0.5, 0.6) is 0 Å². The number of carbonyl (C=O) groups excluding carboxylic acids is 1. The van der Waals surface area contributed by atoms with Gasteiger partial charge in [0.2, 0.25) is 5.91 Å². The fourth-order valence-electron chi connectivity index (χ4n) is 2.05. The number of amides is 1. The van der Waals surface area contributed by atoms with E-state index >= 15 is 0 Å². The van der Waals surface area contributed by atoms with Crippen molar-refractivity contribution in [2.24, 2.45) is 0 Å². The van der Waals surface area contributed by atoms with Crippen molar-refractivity contribution in [1.82, 2.24) is 4.90 Å². The Labute approximate surface area is 93.5 Å². The maximum absolute atomic E-state index is 11.9. The number of benzene rings is 1. The number of nitrogens with zero attached hydrogens (tertiary/aromatic N) is 1. The highest BCUT2D eigenvalue weighted by Gasteiger charge is 2.33. The van der Waals surface area contributed by atoms with Gasteiger partial charge in [-0.25, -0.2) is 0 Å². The summed E-state index contributed by atoms with van der Waals surface area (Å²) in [5.74, 6) is -1.20. The molecule has 0 saturated carbocycles. The van der Waals surface area contributed by atoms with E-state index in [1.165, 1.54) is 4.90 Å². The smallest absolute Gasteiger partial charge is 0.323 e. The van der Waals surface area contributed by atoms with Crippen LogP contribution in [0, 0.1) is 0 Å². The van der Waals surface area contributed by atoms with Crippen LogP contribution in [-0.2, 0) is 9.59 Å². The zero-order chi connectivity index (χ0) is 11.5. The molecular weight excluding hydrogens is 206 g/mol. The van der Waals surface area contributed by atoms with Gasteiger partial charge in [-0.05, 0) is 12.0 Å². The van der Waals surface area contributed by atoms with Gasteiger partial charge in [0.15, 0.2) is 0 Å². The standard InChI is InChI=1S/C12H13NO3/c14-11(15)8-13-7-6-10(12(13)16)9-4-2-1-3-5-9/h1-5,10H,6-8H2,(H,14,15). The normalized spacial score (nSPS) is 20.1. The molecule has 0 spiro atoms. The number of likely N-dealkylation sites (tertiary alicyclic amines) is 1. The van der Waals surface area contributed by atoms with E-state index in [1.54, 1.807) is 0 Å². The summed E-state index contributed by atoms with van der Waals surface area (Å²) in [6, 6.07) is 9.50. The second-order valence-corrected chi connectivity index (χ2v) is 3.91. The molecular formula is C12H13NO3. The van der Waals surface area contributed by atoms with Crippen LogP contribution in [-0.4, -0.2) is 35.0 Å². The first-order valence-corrected chi connectivity index (χ1v) is 5.24. The van der Waals surface area contributed by atoms with Crippen LogP contribution in [0.15, 0.2) is 30.3 Å². The lowest BCUT2D eigenvalue weighted by Gasteiger charge is -2.13. The lowest BCUT2D eigenvalue weighted by atomic mass is 9.98. The quantitative estimate of drug-likeness (QED) is 0.827. The zero-order valence-corrected chi connectivity index (χ0v) is 8.80. The number of rotatable bonds is 3. The molecule has 1 N–H and O–H groups in total. The molecule has 1 saturated heterocycles. The summed E-state index contributed by atoms with van der Waals surface area (Å²) in [7, 11) is 0. The first-order chi connectivity index (χ1) is 7.68. The van der Waals surface area contributed by atoms with Crippen molar-refractivity contribution in [2.45, 2.75) is 12.3 Å². The first-order valence-electron chi connectivity index (χ1n) is 5.24. The molecule has 1 amide bonds. The van der Waals surface area contributed by atoms with Crippen LogP contribution >= 0.6 is 0 Å². The molecule has 1 aromatic rings. The number of carboxylic acid groups (broad SMARTS) is 1. The highest BCUT2D eigenvalue weighted by Crippen LogP contribution is 2.27. The fraction of sp³-hybridized carbons (Fsp3) is 0.333. The van der Waals surface area contributed by atoms with Crippen LogP contribution in [0.25, 0.3) is 0 Å². The lowest BCUT2D eigenvalue weighted by Crippen LogP contribution is -2.32. The Hall–Kier alpha value is -1.84. The van der Waals surface area contributed by atoms with Gasteiger partial charge in [0, 0.05) is 6.54 Å². The summed E-state index contributed by atoms with van der Waals surface area (Å²) in [6.45, 7) is 0.340. The predicted octanol–water partition coefficient (Wildman–Crippen LogP) is 1.09. The molecule has 4 nitrogen and oxygen atoms in total. The van der Waals surface area contributed by atoms with Gasteiger partial charge < -0.3 is 10.0 Å². The van der Waals surface area contributed by atoms with Gasteiger partial charge in [0.25, 0.3) is 0 Å². The van der Waals surface area contributed by atoms with Crippen molar-refractivity contribution in [3.63, 3.8) is 0 Å². The minimum atomic E-state index is -0.956. The largest absolute Gasteiger partial charge is 0.480 e. The van der Waals surface area contributed by atoms with Crippen LogP contribution in [0.3, 0.4) is 0 Å². The third-order valence-electron chi connectivity index (χ3n) is 2.83. The Kier molecular flexibility index (Phi) is 2.90. The van der Waals surface area contributed by atoms with Crippen LogP contribution in [0.1, 0.15) is 17.9 Å². The Bertz CT molecular complexity index is 402. The molecule has 1 aliphatic rings. The monoisotopic (exact) mass is 219 g/mol. The van der Waals surface area contributed by atoms with Gasteiger partial charge in [-0.15, -0.1) is 0 Å². The SMILES string of the molecule is O=C(O)CN1CCC(c2ccccc2)C1=O. The van der Waals surface area contributed by atoms with Crippen molar-refractivity contribution in [3.8, 4) is 0 Å². The Morgan fingerprint density at radius 3 is 2.69 bits per heavy atom. The number of carboxylic acids is 1. The van der Waals surface area contributed by atoms with Crippen molar-refractivity contribution < 1.29 is 14.7 Å². The lowest BCUT2D eigenvalue weighted by molar-refractivity contribution is -0.143. The molecule has 0 radical (unpaired) electrons. The van der Waals surface area contributed by atoms with Gasteiger partial charge in [-0.1, -0.05) is 30.3 Å². The molecule has 1 aliphatic heterocycles. The molecule has 84 valence electrons. The Morgan fingerprint density at radius 2 is 2.06 bits per heavy atom. The summed E-state index contributed by atoms with van der Waals surface area (Å²) >= 11 is 0. The zero-order valence-electron chi connectivity index (χ0n) is 8.80. The minimum Gasteiger partial charge on any atom is -0.480 e. The van der Waals surface area contributed by atoms with Crippen molar-refractivity contribution >= 4 is 11.9 Å². The summed E-state index contributed by atoms with van der Waals surface area (Å²) < 4.78 is 0. The average molecular weight is 219 g/mol. The van der Waals surface area contributed by atoms with E-state index in [0.29, 0.717) is 13.0 Å². The number of hydrogen-bond acceptors (Lipinski definition) is 2. The maximum Gasteiger partial charge on any atom is 0.323 e. The highest BCUT2D eigenvalue weighted by atomic mass is 16.4. The van der Waals surface area contributed by atoms with Gasteiger partial charge in [0.05, 0.1) is 5.92 Å². The van der Waals surface area contributed by atoms with E-state index in [0.717, 1.165) is 5.56 Å². The van der Waals surface area contributed by atoms with Gasteiger partial charge in [-0.3, -0.25) is 9.59 Å². The van der Waals surface area contributed by atoms with E-state index in [4.69, 9.17) is 5.11 Å². The second-order valence-electron chi connectivity index (χ2n) is 3.91. The van der Waals surface area contributed by atoms with Gasteiger partial charge in [0.1, 0.15) is 6.54 Å². The van der Waals surface area contributed by atoms with E-state index in [9.17, 15) is 9.59 Å². The molecule has 1 unspecified atom stereocenters. The first kappa shape index (κ1) is 10.7. The van der Waals surface area contributed by atoms with Crippen molar-refractivity contribution in [3.05, 3.63) is 35.9 Å². The molecule has 4 heteroatoms. The molecule has 1 heterocycles. The third kappa shape index (κ3) is 2.05. The molecule has 0 aliphatic carbocycles. The van der Waals surface area contributed by atoms with Crippen molar-refractivity contribution in [2.75, 3.05) is 13.1 Å². The van der Waals surface area contributed by atoms with Crippen LogP contribution in [0.2, 0.25) is 0 Å². The molecule has 1 fully saturated rings. The number of aliphatic carboxylic acids is 1. The molecule has 0 bridgehead atoms. The van der Waals surface area contributed by atoms with E-state index in [2.05, 4.69) is 0 Å². The highest BCUT2D eigenvalue weighted by molar-refractivity contribution is 5.88. The minimum absolute atomic E-state index is 0.0754. The summed E-state index contributed by atoms with van der Waals surface area (Å²) in [5, 5.41) is 8.65. The predicted molar refractivity (Wildman–Crippen MR) is 58.0 cm³/mol. The maximum atomic E-state index is 11.9. The third-order valence-corrected chi connectivity index (χ3v) is 2.83. The second kappa shape index (κ2) is 4.35. The fourth-order valence-corrected chi connectivity index (χ4v) is 2.05. The Balaban J connectivity index is 2.11. The van der Waals surface area contributed by atoms with Crippen LogP contribution < -0.4 is 0 Å². The molecule has 16 heavy (non-hydrogen) atoms. The summed E-state index contributed by atoms with van der Waals surface area (Å²) in [6.07, 6.45) is 0.704. The molecule has 1 aromatic carbocycles.